The zero-order valence-electron chi connectivity index (χ0n) is 17.1. The Bertz CT molecular complexity index is 1300. The lowest BCUT2D eigenvalue weighted by molar-refractivity contribution is -0.0554. The van der Waals surface area contributed by atoms with E-state index in [1.165, 1.54) is 24.3 Å². The molecule has 0 aliphatic carbocycles. The van der Waals surface area contributed by atoms with Gasteiger partial charge in [0.05, 0.1) is 6.61 Å². The van der Waals surface area contributed by atoms with Crippen molar-refractivity contribution in [1.29, 1.82) is 0 Å². The molecule has 33 heavy (non-hydrogen) atoms. The average molecular weight is 452 g/mol. The molecule has 0 bridgehead atoms. The molecular weight excluding hydrogens is 432 g/mol. The van der Waals surface area contributed by atoms with E-state index >= 15 is 0 Å². The SMILES string of the molecule is O=C(c1ccccc1)c1cn([C@@H]2O[C@H](CO)[C@@H](O)[C@H]2O)c(=O)n(C(=O)c2ccccc2)c1=O. The molecule has 1 saturated heterocycles. The molecule has 10 nitrogen and oxygen atoms in total. The van der Waals surface area contributed by atoms with E-state index in [4.69, 9.17) is 4.74 Å². The Hall–Kier alpha value is -3.70. The van der Waals surface area contributed by atoms with Crippen LogP contribution < -0.4 is 11.2 Å². The lowest BCUT2D eigenvalue weighted by Gasteiger charge is -2.19. The summed E-state index contributed by atoms with van der Waals surface area (Å²) in [7, 11) is 0. The highest BCUT2D eigenvalue weighted by Crippen LogP contribution is 2.28. The fraction of sp³-hybridized carbons (Fsp3) is 0.217. The molecule has 4 rings (SSSR count). The molecule has 3 aromatic rings. The maximum absolute atomic E-state index is 13.2. The van der Waals surface area contributed by atoms with Crippen molar-refractivity contribution < 1.29 is 29.6 Å². The number of hydrogen-bond acceptors (Lipinski definition) is 8. The number of ketones is 1. The number of aromatic nitrogens is 2. The third-order valence-electron chi connectivity index (χ3n) is 5.41. The fourth-order valence-corrected chi connectivity index (χ4v) is 3.65. The highest BCUT2D eigenvalue weighted by molar-refractivity contribution is 6.09. The summed E-state index contributed by atoms with van der Waals surface area (Å²) in [5.74, 6) is -1.73. The molecule has 0 saturated carbocycles. The second-order valence-electron chi connectivity index (χ2n) is 7.47. The Kier molecular flexibility index (Phi) is 6.16. The van der Waals surface area contributed by atoms with Gasteiger partial charge >= 0.3 is 5.69 Å². The number of benzene rings is 2. The van der Waals surface area contributed by atoms with Crippen molar-refractivity contribution in [2.45, 2.75) is 24.5 Å². The Balaban J connectivity index is 1.94. The van der Waals surface area contributed by atoms with Gasteiger partial charge in [-0.1, -0.05) is 48.5 Å². The van der Waals surface area contributed by atoms with Crippen LogP contribution >= 0.6 is 0 Å². The van der Waals surface area contributed by atoms with Gasteiger partial charge in [-0.3, -0.25) is 19.0 Å². The maximum Gasteiger partial charge on any atom is 0.340 e. The van der Waals surface area contributed by atoms with E-state index < -0.39 is 59.6 Å². The molecule has 10 heteroatoms. The van der Waals surface area contributed by atoms with E-state index in [1.807, 2.05) is 0 Å². The molecule has 4 atom stereocenters. The molecule has 1 fully saturated rings. The van der Waals surface area contributed by atoms with E-state index in [1.54, 1.807) is 36.4 Å². The fourth-order valence-electron chi connectivity index (χ4n) is 3.65. The van der Waals surface area contributed by atoms with Crippen molar-refractivity contribution in [1.82, 2.24) is 9.13 Å². The van der Waals surface area contributed by atoms with Crippen LogP contribution in [-0.2, 0) is 4.74 Å². The van der Waals surface area contributed by atoms with Crippen molar-refractivity contribution in [3.05, 3.63) is 104 Å². The zero-order valence-corrected chi connectivity index (χ0v) is 17.1. The topological polar surface area (TPSA) is 148 Å². The largest absolute Gasteiger partial charge is 0.394 e. The van der Waals surface area contributed by atoms with Crippen LogP contribution in [-0.4, -0.2) is 61.1 Å². The predicted octanol–water partition coefficient (Wildman–Crippen LogP) is -0.459. The maximum atomic E-state index is 13.2. The smallest absolute Gasteiger partial charge is 0.340 e. The molecule has 2 heterocycles. The number of nitrogens with zero attached hydrogens (tertiary/aromatic N) is 2. The first-order chi connectivity index (χ1) is 15.8. The quantitative estimate of drug-likeness (QED) is 0.441. The summed E-state index contributed by atoms with van der Waals surface area (Å²) < 4.78 is 6.40. The number of rotatable bonds is 5. The van der Waals surface area contributed by atoms with Crippen molar-refractivity contribution in [3.8, 4) is 0 Å². The zero-order chi connectivity index (χ0) is 23.7. The van der Waals surface area contributed by atoms with E-state index in [9.17, 15) is 34.5 Å². The van der Waals surface area contributed by atoms with Crippen LogP contribution in [0, 0.1) is 0 Å². The highest BCUT2D eigenvalue weighted by Gasteiger charge is 2.44. The minimum absolute atomic E-state index is 0.0220. The molecule has 1 aliphatic heterocycles. The Morgan fingerprint density at radius 2 is 1.45 bits per heavy atom. The first-order valence-electron chi connectivity index (χ1n) is 10.0. The van der Waals surface area contributed by atoms with E-state index in [2.05, 4.69) is 0 Å². The lowest BCUT2D eigenvalue weighted by Crippen LogP contribution is -2.48. The molecule has 170 valence electrons. The lowest BCUT2D eigenvalue weighted by atomic mass is 10.1. The molecule has 3 N–H and O–H groups in total. The van der Waals surface area contributed by atoms with Gasteiger partial charge in [-0.25, -0.2) is 4.79 Å². The molecule has 0 spiro atoms. The van der Waals surface area contributed by atoms with Crippen LogP contribution in [0.2, 0.25) is 0 Å². The van der Waals surface area contributed by atoms with Gasteiger partial charge in [0.15, 0.2) is 12.0 Å². The van der Waals surface area contributed by atoms with Gasteiger partial charge in [0, 0.05) is 17.3 Å². The normalized spacial score (nSPS) is 22.3. The number of carbonyl (C=O) groups is 2. The molecule has 1 aliphatic rings. The standard InChI is InChI=1S/C23H20N2O8/c26-12-16-18(28)19(29)22(33-16)24-11-15(17(27)13-7-3-1-4-8-13)21(31)25(23(24)32)20(30)14-9-5-2-6-10-14/h1-11,16,18-19,22,26,28-29H,12H2/t16-,18-,19-,22-/m1/s1. The van der Waals surface area contributed by atoms with Crippen molar-refractivity contribution in [2.24, 2.45) is 0 Å². The van der Waals surface area contributed by atoms with Crippen LogP contribution in [0.25, 0.3) is 0 Å². The van der Waals surface area contributed by atoms with Crippen LogP contribution in [0.5, 0.6) is 0 Å². The van der Waals surface area contributed by atoms with Gasteiger partial charge < -0.3 is 20.1 Å². The van der Waals surface area contributed by atoms with Crippen LogP contribution in [0.3, 0.4) is 0 Å². The summed E-state index contributed by atoms with van der Waals surface area (Å²) in [5.41, 5.74) is -2.66. The first-order valence-corrected chi connectivity index (χ1v) is 10.0. The second kappa shape index (κ2) is 9.04. The van der Waals surface area contributed by atoms with E-state index in [-0.39, 0.29) is 11.1 Å². The number of carbonyl (C=O) groups excluding carboxylic acids is 2. The number of aliphatic hydroxyl groups is 3. The second-order valence-corrected chi connectivity index (χ2v) is 7.47. The number of aliphatic hydroxyl groups excluding tert-OH is 3. The molecule has 0 amide bonds. The van der Waals surface area contributed by atoms with Crippen LogP contribution in [0.4, 0.5) is 0 Å². The van der Waals surface area contributed by atoms with Crippen molar-refractivity contribution >= 4 is 11.7 Å². The molecule has 0 radical (unpaired) electrons. The summed E-state index contributed by atoms with van der Waals surface area (Å²) in [6.45, 7) is -0.651. The molecule has 0 unspecified atom stereocenters. The third-order valence-corrected chi connectivity index (χ3v) is 5.41. The summed E-state index contributed by atoms with van der Waals surface area (Å²) in [6, 6.07) is 15.3. The van der Waals surface area contributed by atoms with Gasteiger partial charge in [-0.05, 0) is 12.1 Å². The van der Waals surface area contributed by atoms with Crippen LogP contribution in [0.1, 0.15) is 32.5 Å². The Labute approximate surface area is 186 Å². The summed E-state index contributed by atoms with van der Waals surface area (Å²) in [6.07, 6.45) is -5.07. The van der Waals surface area contributed by atoms with E-state index in [0.29, 0.717) is 9.13 Å². The highest BCUT2D eigenvalue weighted by atomic mass is 16.6. The van der Waals surface area contributed by atoms with Gasteiger partial charge in [0.25, 0.3) is 11.5 Å². The van der Waals surface area contributed by atoms with E-state index in [0.717, 1.165) is 6.20 Å². The Morgan fingerprint density at radius 3 is 2.00 bits per heavy atom. The van der Waals surface area contributed by atoms with Gasteiger partial charge in [0.2, 0.25) is 0 Å². The summed E-state index contributed by atoms with van der Waals surface area (Å²) in [5, 5.41) is 29.9. The molecule has 2 aromatic carbocycles. The number of ether oxygens (including phenoxy) is 1. The summed E-state index contributed by atoms with van der Waals surface area (Å²) in [4.78, 5) is 52.5. The van der Waals surface area contributed by atoms with Gasteiger partial charge in [-0.15, -0.1) is 0 Å². The molecule has 1 aromatic heterocycles. The average Bonchev–Trinajstić information content (AvgIpc) is 3.13. The summed E-state index contributed by atoms with van der Waals surface area (Å²) >= 11 is 0. The van der Waals surface area contributed by atoms with Crippen LogP contribution in [0.15, 0.2) is 76.4 Å². The Morgan fingerprint density at radius 1 is 0.879 bits per heavy atom. The number of hydrogen-bond donors (Lipinski definition) is 3. The third kappa shape index (κ3) is 3.96. The minimum atomic E-state index is -1.67. The van der Waals surface area contributed by atoms with Gasteiger partial charge in [-0.2, -0.15) is 4.57 Å². The van der Waals surface area contributed by atoms with Crippen molar-refractivity contribution in [3.63, 3.8) is 0 Å². The monoisotopic (exact) mass is 452 g/mol. The van der Waals surface area contributed by atoms with Gasteiger partial charge in [0.1, 0.15) is 23.9 Å². The first kappa shape index (κ1) is 22.5. The minimum Gasteiger partial charge on any atom is -0.394 e. The van der Waals surface area contributed by atoms with Crippen molar-refractivity contribution in [2.75, 3.05) is 6.61 Å². The predicted molar refractivity (Wildman–Crippen MR) is 114 cm³/mol. The molecular formula is C23H20N2O8.